The summed E-state index contributed by atoms with van der Waals surface area (Å²) in [6.07, 6.45) is 6.06. The van der Waals surface area contributed by atoms with Gasteiger partial charge in [-0.15, -0.1) is 0 Å². The number of carbonyl (C=O) groups excluding carboxylic acids is 1. The molecular formula is C15H10N2O. The van der Waals surface area contributed by atoms with Gasteiger partial charge in [-0.3, -0.25) is 14.8 Å². The maximum atomic E-state index is 10.8. The van der Waals surface area contributed by atoms with Gasteiger partial charge in [-0.05, 0) is 17.5 Å². The van der Waals surface area contributed by atoms with Gasteiger partial charge < -0.3 is 0 Å². The number of nitrogens with zero attached hydrogens (tertiary/aromatic N) is 2. The van der Waals surface area contributed by atoms with Crippen molar-refractivity contribution in [2.45, 2.75) is 0 Å². The quantitative estimate of drug-likeness (QED) is 0.640. The molecule has 0 radical (unpaired) electrons. The highest BCUT2D eigenvalue weighted by Crippen LogP contribution is 2.26. The van der Waals surface area contributed by atoms with E-state index in [1.807, 2.05) is 30.5 Å². The van der Waals surface area contributed by atoms with Crippen LogP contribution >= 0.6 is 0 Å². The maximum absolute atomic E-state index is 10.8. The zero-order valence-electron chi connectivity index (χ0n) is 9.58. The van der Waals surface area contributed by atoms with E-state index in [1.165, 1.54) is 0 Å². The van der Waals surface area contributed by atoms with Crippen LogP contribution in [0.25, 0.3) is 22.0 Å². The second kappa shape index (κ2) is 4.37. The second-order valence-electron chi connectivity index (χ2n) is 4.00. The van der Waals surface area contributed by atoms with E-state index in [4.69, 9.17) is 0 Å². The van der Waals surface area contributed by atoms with E-state index in [-0.39, 0.29) is 0 Å². The van der Waals surface area contributed by atoms with Gasteiger partial charge in [0.15, 0.2) is 0 Å². The molecule has 0 saturated heterocycles. The van der Waals surface area contributed by atoms with Crippen LogP contribution in [0, 0.1) is 0 Å². The highest BCUT2D eigenvalue weighted by molar-refractivity contribution is 5.95. The summed E-state index contributed by atoms with van der Waals surface area (Å²) in [5.41, 5.74) is 2.33. The molecule has 3 nitrogen and oxygen atoms in total. The Morgan fingerprint density at radius 3 is 2.83 bits per heavy atom. The summed E-state index contributed by atoms with van der Waals surface area (Å²) in [5, 5.41) is 2.15. The average Bonchev–Trinajstić information content (AvgIpc) is 2.47. The Kier molecular flexibility index (Phi) is 2.57. The van der Waals surface area contributed by atoms with Gasteiger partial charge in [0, 0.05) is 35.1 Å². The third-order valence-electron chi connectivity index (χ3n) is 2.86. The number of aromatic nitrogens is 2. The van der Waals surface area contributed by atoms with Crippen LogP contribution in [0.3, 0.4) is 0 Å². The molecule has 0 aliphatic rings. The lowest BCUT2D eigenvalue weighted by Crippen LogP contribution is -1.89. The maximum Gasteiger partial charge on any atom is 0.150 e. The Labute approximate surface area is 104 Å². The van der Waals surface area contributed by atoms with E-state index in [2.05, 4.69) is 9.97 Å². The van der Waals surface area contributed by atoms with Gasteiger partial charge in [-0.2, -0.15) is 0 Å². The molecule has 2 aromatic heterocycles. The Bertz CT molecular complexity index is 717. The molecule has 0 bridgehead atoms. The predicted octanol–water partition coefficient (Wildman–Crippen LogP) is 3.11. The number of hydrogen-bond acceptors (Lipinski definition) is 3. The molecule has 3 rings (SSSR count). The molecule has 0 aliphatic heterocycles. The van der Waals surface area contributed by atoms with Crippen LogP contribution in [0.15, 0.2) is 55.0 Å². The molecule has 0 spiro atoms. The SMILES string of the molecule is O=Cc1ccnc(-c2cncc3ccccc23)c1. The molecule has 0 amide bonds. The van der Waals surface area contributed by atoms with Crippen LogP contribution in [-0.2, 0) is 0 Å². The van der Waals surface area contributed by atoms with Crippen molar-refractivity contribution in [1.29, 1.82) is 0 Å². The van der Waals surface area contributed by atoms with E-state index < -0.39 is 0 Å². The largest absolute Gasteiger partial charge is 0.298 e. The van der Waals surface area contributed by atoms with Crippen molar-refractivity contribution < 1.29 is 4.79 Å². The van der Waals surface area contributed by atoms with Gasteiger partial charge in [0.1, 0.15) is 6.29 Å². The van der Waals surface area contributed by atoms with Gasteiger partial charge in [0.25, 0.3) is 0 Å². The number of pyridine rings is 2. The Morgan fingerprint density at radius 1 is 1.06 bits per heavy atom. The summed E-state index contributed by atoms with van der Waals surface area (Å²) < 4.78 is 0. The summed E-state index contributed by atoms with van der Waals surface area (Å²) in [6.45, 7) is 0. The zero-order chi connectivity index (χ0) is 12.4. The molecule has 0 N–H and O–H groups in total. The van der Waals surface area contributed by atoms with Crippen molar-refractivity contribution in [3.8, 4) is 11.3 Å². The summed E-state index contributed by atoms with van der Waals surface area (Å²) >= 11 is 0. The first-order valence-corrected chi connectivity index (χ1v) is 5.63. The van der Waals surface area contributed by atoms with Gasteiger partial charge in [0.05, 0.1) is 5.69 Å². The molecule has 86 valence electrons. The van der Waals surface area contributed by atoms with Crippen molar-refractivity contribution in [1.82, 2.24) is 9.97 Å². The minimum atomic E-state index is 0.618. The fourth-order valence-electron chi connectivity index (χ4n) is 1.99. The van der Waals surface area contributed by atoms with Crippen LogP contribution in [-0.4, -0.2) is 16.3 Å². The molecule has 3 aromatic rings. The molecule has 0 fully saturated rings. The zero-order valence-corrected chi connectivity index (χ0v) is 9.58. The number of rotatable bonds is 2. The van der Waals surface area contributed by atoms with Crippen LogP contribution in [0.5, 0.6) is 0 Å². The number of hydrogen-bond donors (Lipinski definition) is 0. The summed E-state index contributed by atoms with van der Waals surface area (Å²) in [7, 11) is 0. The Morgan fingerprint density at radius 2 is 1.94 bits per heavy atom. The van der Waals surface area contributed by atoms with E-state index in [0.717, 1.165) is 28.3 Å². The van der Waals surface area contributed by atoms with Crippen molar-refractivity contribution in [2.75, 3.05) is 0 Å². The number of aldehydes is 1. The molecule has 0 aliphatic carbocycles. The molecule has 3 heteroatoms. The van der Waals surface area contributed by atoms with Gasteiger partial charge >= 0.3 is 0 Å². The fourth-order valence-corrected chi connectivity index (χ4v) is 1.99. The van der Waals surface area contributed by atoms with Crippen LogP contribution in [0.4, 0.5) is 0 Å². The van der Waals surface area contributed by atoms with E-state index in [1.54, 1.807) is 24.5 Å². The first kappa shape index (κ1) is 10.6. The molecule has 2 heterocycles. The normalized spacial score (nSPS) is 10.4. The standard InChI is InChI=1S/C15H10N2O/c18-10-11-5-6-17-15(7-11)14-9-16-8-12-3-1-2-4-13(12)14/h1-10H. The smallest absolute Gasteiger partial charge is 0.150 e. The molecule has 0 unspecified atom stereocenters. The second-order valence-corrected chi connectivity index (χ2v) is 4.00. The van der Waals surface area contributed by atoms with E-state index >= 15 is 0 Å². The summed E-state index contributed by atoms with van der Waals surface area (Å²) in [6, 6.07) is 11.5. The third-order valence-corrected chi connectivity index (χ3v) is 2.86. The fraction of sp³-hybridized carbons (Fsp3) is 0. The molecule has 0 atom stereocenters. The van der Waals surface area contributed by atoms with E-state index in [0.29, 0.717) is 5.56 Å². The first-order chi connectivity index (χ1) is 8.88. The van der Waals surface area contributed by atoms with Crippen LogP contribution < -0.4 is 0 Å². The summed E-state index contributed by atoms with van der Waals surface area (Å²) in [5.74, 6) is 0. The lowest BCUT2D eigenvalue weighted by atomic mass is 10.0. The topological polar surface area (TPSA) is 42.9 Å². The molecule has 18 heavy (non-hydrogen) atoms. The number of fused-ring (bicyclic) bond motifs is 1. The van der Waals surface area contributed by atoms with Gasteiger partial charge in [0.2, 0.25) is 0 Å². The number of benzene rings is 1. The minimum absolute atomic E-state index is 0.618. The van der Waals surface area contributed by atoms with Crippen molar-refractivity contribution >= 4 is 17.1 Å². The molecular weight excluding hydrogens is 224 g/mol. The lowest BCUT2D eigenvalue weighted by Gasteiger charge is -2.05. The summed E-state index contributed by atoms with van der Waals surface area (Å²) in [4.78, 5) is 19.3. The average molecular weight is 234 g/mol. The molecule has 0 saturated carbocycles. The minimum Gasteiger partial charge on any atom is -0.298 e. The first-order valence-electron chi connectivity index (χ1n) is 5.63. The Balaban J connectivity index is 2.27. The van der Waals surface area contributed by atoms with Crippen molar-refractivity contribution in [3.05, 3.63) is 60.6 Å². The van der Waals surface area contributed by atoms with Crippen molar-refractivity contribution in [3.63, 3.8) is 0 Å². The van der Waals surface area contributed by atoms with Gasteiger partial charge in [-0.25, -0.2) is 0 Å². The lowest BCUT2D eigenvalue weighted by molar-refractivity contribution is 0.112. The Hall–Kier alpha value is -2.55. The van der Waals surface area contributed by atoms with Crippen LogP contribution in [0.2, 0.25) is 0 Å². The van der Waals surface area contributed by atoms with Crippen LogP contribution in [0.1, 0.15) is 10.4 Å². The van der Waals surface area contributed by atoms with Crippen molar-refractivity contribution in [2.24, 2.45) is 0 Å². The van der Waals surface area contributed by atoms with Gasteiger partial charge in [-0.1, -0.05) is 24.3 Å². The molecule has 1 aromatic carbocycles. The number of carbonyl (C=O) groups is 1. The van der Waals surface area contributed by atoms with E-state index in [9.17, 15) is 4.79 Å². The monoisotopic (exact) mass is 234 g/mol. The highest BCUT2D eigenvalue weighted by Gasteiger charge is 2.05. The predicted molar refractivity (Wildman–Crippen MR) is 70.4 cm³/mol. The highest BCUT2D eigenvalue weighted by atomic mass is 16.1. The third kappa shape index (κ3) is 1.76.